The van der Waals surface area contributed by atoms with Gasteiger partial charge in [0.15, 0.2) is 0 Å². The van der Waals surface area contributed by atoms with Gasteiger partial charge in [-0.1, -0.05) is 47.6 Å². The topological polar surface area (TPSA) is 37.3 Å². The predicted octanol–water partition coefficient (Wildman–Crippen LogP) is 4.12. The van der Waals surface area contributed by atoms with Gasteiger partial charge >= 0.3 is 0 Å². The summed E-state index contributed by atoms with van der Waals surface area (Å²) >= 11 is 0. The van der Waals surface area contributed by atoms with E-state index in [9.17, 15) is 9.90 Å². The average molecular weight is 262 g/mol. The van der Waals surface area contributed by atoms with Crippen molar-refractivity contribution in [2.45, 2.75) is 65.2 Å². The highest BCUT2D eigenvalue weighted by atomic mass is 16.3. The van der Waals surface area contributed by atoms with Crippen LogP contribution in [0.25, 0.3) is 0 Å². The first-order valence-corrected chi connectivity index (χ1v) is 6.88. The lowest BCUT2D eigenvalue weighted by Gasteiger charge is -2.33. The van der Waals surface area contributed by atoms with Crippen LogP contribution in [-0.2, 0) is 22.0 Å². The minimum Gasteiger partial charge on any atom is -0.508 e. The molecule has 106 valence electrons. The summed E-state index contributed by atoms with van der Waals surface area (Å²) < 4.78 is 0. The Balaban J connectivity index is 3.56. The van der Waals surface area contributed by atoms with E-state index in [1.165, 1.54) is 11.1 Å². The molecule has 1 rings (SSSR count). The van der Waals surface area contributed by atoms with Crippen LogP contribution >= 0.6 is 0 Å². The van der Waals surface area contributed by atoms with Crippen molar-refractivity contribution in [1.82, 2.24) is 0 Å². The number of phenols is 1. The van der Waals surface area contributed by atoms with Crippen molar-refractivity contribution in [2.75, 3.05) is 0 Å². The van der Waals surface area contributed by atoms with Crippen molar-refractivity contribution in [3.8, 4) is 5.75 Å². The van der Waals surface area contributed by atoms with Gasteiger partial charge in [0.1, 0.15) is 12.0 Å². The molecule has 0 aliphatic heterocycles. The van der Waals surface area contributed by atoms with E-state index < -0.39 is 0 Å². The highest BCUT2D eigenvalue weighted by molar-refractivity contribution is 5.54. The molecule has 0 aromatic heterocycles. The molecule has 0 aliphatic carbocycles. The highest BCUT2D eigenvalue weighted by Crippen LogP contribution is 2.41. The molecule has 0 fully saturated rings. The molecule has 0 amide bonds. The predicted molar refractivity (Wildman–Crippen MR) is 79.9 cm³/mol. The van der Waals surface area contributed by atoms with Crippen LogP contribution in [-0.4, -0.2) is 11.4 Å². The van der Waals surface area contributed by atoms with E-state index in [2.05, 4.69) is 41.5 Å². The molecule has 0 saturated carbocycles. The van der Waals surface area contributed by atoms with Crippen molar-refractivity contribution >= 4 is 6.29 Å². The molecule has 19 heavy (non-hydrogen) atoms. The number of aldehydes is 1. The van der Waals surface area contributed by atoms with Crippen molar-refractivity contribution < 1.29 is 9.90 Å². The largest absolute Gasteiger partial charge is 0.508 e. The molecular weight excluding hydrogens is 236 g/mol. The Morgan fingerprint density at radius 2 is 1.53 bits per heavy atom. The molecule has 1 aromatic rings. The Morgan fingerprint density at radius 3 is 1.95 bits per heavy atom. The van der Waals surface area contributed by atoms with Gasteiger partial charge in [-0.15, -0.1) is 0 Å². The number of hydrogen-bond acceptors (Lipinski definition) is 2. The third kappa shape index (κ3) is 3.59. The smallest absolute Gasteiger partial charge is 0.120 e. The number of aromatic hydroxyl groups is 1. The molecular formula is C17H26O2. The first-order valence-electron chi connectivity index (χ1n) is 6.88. The zero-order valence-electron chi connectivity index (χ0n) is 13.0. The van der Waals surface area contributed by atoms with Crippen LogP contribution in [0.4, 0.5) is 0 Å². The quantitative estimate of drug-likeness (QED) is 0.832. The van der Waals surface area contributed by atoms with Crippen molar-refractivity contribution in [2.24, 2.45) is 0 Å². The zero-order valence-corrected chi connectivity index (χ0v) is 13.0. The van der Waals surface area contributed by atoms with Crippen LogP contribution in [0.3, 0.4) is 0 Å². The normalized spacial score (nSPS) is 12.5. The second-order valence-corrected chi connectivity index (χ2v) is 7.20. The number of benzene rings is 1. The van der Waals surface area contributed by atoms with Gasteiger partial charge < -0.3 is 9.90 Å². The second kappa shape index (κ2) is 5.36. The van der Waals surface area contributed by atoms with E-state index >= 15 is 0 Å². The van der Waals surface area contributed by atoms with E-state index in [-0.39, 0.29) is 10.8 Å². The Hall–Kier alpha value is -1.31. The minimum absolute atomic E-state index is 0.0560. The van der Waals surface area contributed by atoms with Gasteiger partial charge in [-0.05, 0) is 34.4 Å². The molecule has 0 saturated heterocycles. The Labute approximate surface area is 116 Å². The van der Waals surface area contributed by atoms with E-state index in [1.54, 1.807) is 6.07 Å². The summed E-state index contributed by atoms with van der Waals surface area (Å²) in [5, 5.41) is 10.3. The lowest BCUT2D eigenvalue weighted by Crippen LogP contribution is -2.24. The molecule has 1 aromatic carbocycles. The second-order valence-electron chi connectivity index (χ2n) is 7.20. The molecule has 2 heteroatoms. The Morgan fingerprint density at radius 1 is 1.00 bits per heavy atom. The van der Waals surface area contributed by atoms with Gasteiger partial charge in [0.25, 0.3) is 0 Å². The summed E-state index contributed by atoms with van der Waals surface area (Å²) in [5.41, 5.74) is 3.18. The monoisotopic (exact) mass is 262 g/mol. The highest BCUT2D eigenvalue weighted by Gasteiger charge is 2.30. The van der Waals surface area contributed by atoms with Crippen LogP contribution in [0.15, 0.2) is 12.1 Å². The molecule has 0 bridgehead atoms. The van der Waals surface area contributed by atoms with Crippen LogP contribution in [0.1, 0.15) is 64.7 Å². The summed E-state index contributed by atoms with van der Waals surface area (Å²) in [7, 11) is 0. The molecule has 0 heterocycles. The van der Waals surface area contributed by atoms with E-state index in [0.29, 0.717) is 12.2 Å². The van der Waals surface area contributed by atoms with Crippen LogP contribution in [0.5, 0.6) is 5.75 Å². The summed E-state index contributed by atoms with van der Waals surface area (Å²) in [5.74, 6) is 0.354. The fourth-order valence-electron chi connectivity index (χ4n) is 2.67. The fraction of sp³-hybridized carbons (Fsp3) is 0.588. The first-order chi connectivity index (χ1) is 8.59. The van der Waals surface area contributed by atoms with Gasteiger partial charge in [-0.3, -0.25) is 0 Å². The van der Waals surface area contributed by atoms with Gasteiger partial charge in [0.05, 0.1) is 0 Å². The number of phenolic OH excluding ortho intramolecular Hbond substituents is 1. The fourth-order valence-corrected chi connectivity index (χ4v) is 2.67. The third-order valence-corrected chi connectivity index (χ3v) is 3.30. The maximum absolute atomic E-state index is 10.6. The molecule has 1 N–H and O–H groups in total. The average Bonchev–Trinajstić information content (AvgIpc) is 2.24. The number of carbonyl (C=O) groups is 1. The molecule has 2 nitrogen and oxygen atoms in total. The van der Waals surface area contributed by atoms with Crippen molar-refractivity contribution in [3.05, 3.63) is 28.8 Å². The molecule has 0 unspecified atom stereocenters. The molecule has 0 spiro atoms. The maximum Gasteiger partial charge on any atom is 0.120 e. The zero-order chi connectivity index (χ0) is 14.8. The van der Waals surface area contributed by atoms with Crippen LogP contribution in [0.2, 0.25) is 0 Å². The van der Waals surface area contributed by atoms with E-state index in [1.807, 2.05) is 6.07 Å². The van der Waals surface area contributed by atoms with Crippen LogP contribution < -0.4 is 0 Å². The molecule has 0 aliphatic rings. The summed E-state index contributed by atoms with van der Waals surface area (Å²) in [4.78, 5) is 10.6. The van der Waals surface area contributed by atoms with E-state index in [4.69, 9.17) is 0 Å². The first kappa shape index (κ1) is 15.7. The summed E-state index contributed by atoms with van der Waals surface area (Å²) in [6, 6.07) is 3.71. The Bertz CT molecular complexity index is 459. The minimum atomic E-state index is -0.121. The van der Waals surface area contributed by atoms with E-state index in [0.717, 1.165) is 18.3 Å². The van der Waals surface area contributed by atoms with Crippen molar-refractivity contribution in [1.29, 1.82) is 0 Å². The number of hydrogen-bond donors (Lipinski definition) is 1. The van der Waals surface area contributed by atoms with Gasteiger partial charge in [0.2, 0.25) is 0 Å². The lowest BCUT2D eigenvalue weighted by molar-refractivity contribution is -0.107. The SMILES string of the molecule is CC(C)(C)c1c(O)ccc(CCC=O)c1C(C)(C)C. The molecule has 0 radical (unpaired) electrons. The van der Waals surface area contributed by atoms with Crippen molar-refractivity contribution in [3.63, 3.8) is 0 Å². The lowest BCUT2D eigenvalue weighted by atomic mass is 9.72. The summed E-state index contributed by atoms with van der Waals surface area (Å²) in [6.45, 7) is 12.8. The van der Waals surface area contributed by atoms with Crippen LogP contribution in [0, 0.1) is 0 Å². The van der Waals surface area contributed by atoms with Gasteiger partial charge in [-0.2, -0.15) is 0 Å². The summed E-state index contributed by atoms with van der Waals surface area (Å²) in [6.07, 6.45) is 2.22. The van der Waals surface area contributed by atoms with Gasteiger partial charge in [-0.25, -0.2) is 0 Å². The Kier molecular flexibility index (Phi) is 4.44. The van der Waals surface area contributed by atoms with Gasteiger partial charge in [0, 0.05) is 12.0 Å². The standard InChI is InChI=1S/C17H26O2/c1-16(2,3)14-12(8-7-11-18)9-10-13(19)15(14)17(4,5)6/h9-11,19H,7-8H2,1-6H3. The number of aryl methyl sites for hydroxylation is 1. The molecule has 0 atom stereocenters. The maximum atomic E-state index is 10.6. The third-order valence-electron chi connectivity index (χ3n) is 3.30. The number of rotatable bonds is 3. The number of carbonyl (C=O) groups excluding carboxylic acids is 1.